The van der Waals surface area contributed by atoms with E-state index in [9.17, 15) is 9.59 Å². The molecule has 1 aliphatic rings. The highest BCUT2D eigenvalue weighted by molar-refractivity contribution is 6.06. The van der Waals surface area contributed by atoms with Crippen molar-refractivity contribution < 1.29 is 14.3 Å². The number of hydrogen-bond donors (Lipinski definition) is 1. The van der Waals surface area contributed by atoms with Gasteiger partial charge >= 0.3 is 0 Å². The fraction of sp³-hybridized carbons (Fsp3) is 0.444. The molecule has 0 unspecified atom stereocenters. The highest BCUT2D eigenvalue weighted by Crippen LogP contribution is 2.22. The molecule has 0 bridgehead atoms. The summed E-state index contributed by atoms with van der Waals surface area (Å²) < 4.78 is 7.36. The number of Topliss-reactive ketones (excluding diaryl/α,β-unsaturated/α-hetero) is 1. The summed E-state index contributed by atoms with van der Waals surface area (Å²) in [6.45, 7) is 3.53. The summed E-state index contributed by atoms with van der Waals surface area (Å²) in [5, 5.41) is 3.97. The van der Waals surface area contributed by atoms with Gasteiger partial charge in [0.25, 0.3) is 0 Å². The second-order valence-electron chi connectivity index (χ2n) is 6.04. The standard InChI is InChI=1S/C18H22N2O3/c1-13(21)16-11-20(17-7-3-2-6-15(16)17)9-8-18(22)19-14-5-4-10-23-12-14/h2-3,6-7,11,14H,4-5,8-10,12H2,1H3,(H,19,22)/t14-/m1/s1. The number of para-hydroxylation sites is 1. The molecule has 1 aromatic heterocycles. The molecule has 122 valence electrons. The van der Waals surface area contributed by atoms with Crippen LogP contribution in [0.15, 0.2) is 30.5 Å². The highest BCUT2D eigenvalue weighted by Gasteiger charge is 2.17. The minimum atomic E-state index is 0.0302. The Morgan fingerprint density at radius 3 is 2.91 bits per heavy atom. The number of aromatic nitrogens is 1. The van der Waals surface area contributed by atoms with E-state index in [0.29, 0.717) is 25.1 Å². The van der Waals surface area contributed by atoms with Crippen molar-refractivity contribution in [1.82, 2.24) is 9.88 Å². The largest absolute Gasteiger partial charge is 0.379 e. The number of benzene rings is 1. The van der Waals surface area contributed by atoms with E-state index in [4.69, 9.17) is 4.74 Å². The van der Waals surface area contributed by atoms with Crippen molar-refractivity contribution in [3.63, 3.8) is 0 Å². The van der Waals surface area contributed by atoms with Crippen molar-refractivity contribution in [1.29, 1.82) is 0 Å². The van der Waals surface area contributed by atoms with Crippen LogP contribution in [0.25, 0.3) is 10.9 Å². The van der Waals surface area contributed by atoms with Gasteiger partial charge in [-0.1, -0.05) is 18.2 Å². The SMILES string of the molecule is CC(=O)c1cn(CCC(=O)N[C@@H]2CCCOC2)c2ccccc12. The molecule has 1 aromatic carbocycles. The van der Waals surface area contributed by atoms with E-state index in [-0.39, 0.29) is 17.7 Å². The number of ketones is 1. The first-order valence-electron chi connectivity index (χ1n) is 8.11. The third kappa shape index (κ3) is 3.62. The molecule has 0 saturated carbocycles. The normalized spacial score (nSPS) is 18.0. The number of ether oxygens (including phenoxy) is 1. The number of amides is 1. The number of aryl methyl sites for hydroxylation is 1. The Labute approximate surface area is 135 Å². The number of carbonyl (C=O) groups excluding carboxylic acids is 2. The average molecular weight is 314 g/mol. The van der Waals surface area contributed by atoms with Gasteiger partial charge in [-0.15, -0.1) is 0 Å². The van der Waals surface area contributed by atoms with E-state index in [1.807, 2.05) is 35.0 Å². The molecule has 2 aromatic rings. The van der Waals surface area contributed by atoms with Crippen molar-refractivity contribution in [2.24, 2.45) is 0 Å². The minimum Gasteiger partial charge on any atom is -0.379 e. The monoisotopic (exact) mass is 314 g/mol. The van der Waals surface area contributed by atoms with Gasteiger partial charge in [0.05, 0.1) is 12.6 Å². The summed E-state index contributed by atoms with van der Waals surface area (Å²) in [6, 6.07) is 7.93. The van der Waals surface area contributed by atoms with E-state index >= 15 is 0 Å². The molecule has 0 radical (unpaired) electrons. The van der Waals surface area contributed by atoms with E-state index < -0.39 is 0 Å². The second kappa shape index (κ2) is 6.96. The van der Waals surface area contributed by atoms with Gasteiger partial charge in [0.15, 0.2) is 5.78 Å². The highest BCUT2D eigenvalue weighted by atomic mass is 16.5. The first-order valence-corrected chi connectivity index (χ1v) is 8.11. The molecular formula is C18H22N2O3. The lowest BCUT2D eigenvalue weighted by molar-refractivity contribution is -0.122. The summed E-state index contributed by atoms with van der Waals surface area (Å²) in [4.78, 5) is 23.9. The van der Waals surface area contributed by atoms with Gasteiger partial charge in [0.1, 0.15) is 0 Å². The Morgan fingerprint density at radius 2 is 2.17 bits per heavy atom. The number of fused-ring (bicyclic) bond motifs is 1. The molecule has 5 nitrogen and oxygen atoms in total. The van der Waals surface area contributed by atoms with Gasteiger partial charge in [-0.3, -0.25) is 9.59 Å². The fourth-order valence-electron chi connectivity index (χ4n) is 3.09. The molecular weight excluding hydrogens is 292 g/mol. The van der Waals surface area contributed by atoms with Crippen LogP contribution in [0.2, 0.25) is 0 Å². The quantitative estimate of drug-likeness (QED) is 0.863. The van der Waals surface area contributed by atoms with E-state index in [1.165, 1.54) is 0 Å². The van der Waals surface area contributed by atoms with Crippen LogP contribution in [-0.4, -0.2) is 35.5 Å². The van der Waals surface area contributed by atoms with Crippen LogP contribution < -0.4 is 5.32 Å². The molecule has 5 heteroatoms. The zero-order valence-electron chi connectivity index (χ0n) is 13.4. The third-order valence-electron chi connectivity index (χ3n) is 4.27. The number of rotatable bonds is 5. The van der Waals surface area contributed by atoms with Gasteiger partial charge in [-0.05, 0) is 25.8 Å². The van der Waals surface area contributed by atoms with E-state index in [0.717, 1.165) is 30.4 Å². The number of nitrogens with zero attached hydrogens (tertiary/aromatic N) is 1. The molecule has 3 rings (SSSR count). The zero-order valence-corrected chi connectivity index (χ0v) is 13.4. The Bertz CT molecular complexity index is 714. The maximum Gasteiger partial charge on any atom is 0.222 e. The molecule has 1 fully saturated rings. The number of nitrogens with one attached hydrogen (secondary N) is 1. The lowest BCUT2D eigenvalue weighted by Crippen LogP contribution is -2.40. The Morgan fingerprint density at radius 1 is 1.35 bits per heavy atom. The summed E-state index contributed by atoms with van der Waals surface area (Å²) >= 11 is 0. The molecule has 1 saturated heterocycles. The van der Waals surface area contributed by atoms with Gasteiger partial charge in [0, 0.05) is 42.2 Å². The summed E-state index contributed by atoms with van der Waals surface area (Å²) in [7, 11) is 0. The predicted molar refractivity (Wildman–Crippen MR) is 88.5 cm³/mol. The lowest BCUT2D eigenvalue weighted by Gasteiger charge is -2.23. The molecule has 2 heterocycles. The van der Waals surface area contributed by atoms with Crippen LogP contribution >= 0.6 is 0 Å². The summed E-state index contributed by atoms with van der Waals surface area (Å²) in [5.74, 6) is 0.0754. The molecule has 0 aliphatic carbocycles. The van der Waals surface area contributed by atoms with Crippen LogP contribution in [0.1, 0.15) is 36.5 Å². The molecule has 1 atom stereocenters. The van der Waals surface area contributed by atoms with Crippen LogP contribution in [0.4, 0.5) is 0 Å². The molecule has 23 heavy (non-hydrogen) atoms. The topological polar surface area (TPSA) is 60.3 Å². The van der Waals surface area contributed by atoms with E-state index in [1.54, 1.807) is 6.92 Å². The Hall–Kier alpha value is -2.14. The van der Waals surface area contributed by atoms with Crippen molar-refractivity contribution in [3.8, 4) is 0 Å². The predicted octanol–water partition coefficient (Wildman–Crippen LogP) is 2.53. The average Bonchev–Trinajstić information content (AvgIpc) is 2.93. The first kappa shape index (κ1) is 15.7. The zero-order chi connectivity index (χ0) is 16.2. The Balaban J connectivity index is 1.67. The van der Waals surface area contributed by atoms with Crippen LogP contribution in [0, 0.1) is 0 Å². The van der Waals surface area contributed by atoms with E-state index in [2.05, 4.69) is 5.32 Å². The third-order valence-corrected chi connectivity index (χ3v) is 4.27. The molecule has 1 N–H and O–H groups in total. The smallest absolute Gasteiger partial charge is 0.222 e. The fourth-order valence-corrected chi connectivity index (χ4v) is 3.09. The Kier molecular flexibility index (Phi) is 4.76. The molecule has 0 spiro atoms. The lowest BCUT2D eigenvalue weighted by atomic mass is 10.1. The first-order chi connectivity index (χ1) is 11.1. The molecule has 1 amide bonds. The summed E-state index contributed by atoms with van der Waals surface area (Å²) in [5.41, 5.74) is 1.70. The summed E-state index contributed by atoms with van der Waals surface area (Å²) in [6.07, 6.45) is 4.22. The van der Waals surface area contributed by atoms with Crippen LogP contribution in [-0.2, 0) is 16.1 Å². The number of hydrogen-bond acceptors (Lipinski definition) is 3. The number of carbonyl (C=O) groups is 2. The van der Waals surface area contributed by atoms with Crippen molar-refractivity contribution >= 4 is 22.6 Å². The maximum absolute atomic E-state index is 12.1. The van der Waals surface area contributed by atoms with Crippen molar-refractivity contribution in [2.45, 2.75) is 38.8 Å². The van der Waals surface area contributed by atoms with Crippen LogP contribution in [0.5, 0.6) is 0 Å². The van der Waals surface area contributed by atoms with Gasteiger partial charge in [0.2, 0.25) is 5.91 Å². The second-order valence-corrected chi connectivity index (χ2v) is 6.04. The van der Waals surface area contributed by atoms with Crippen molar-refractivity contribution in [2.75, 3.05) is 13.2 Å². The van der Waals surface area contributed by atoms with Crippen LogP contribution in [0.3, 0.4) is 0 Å². The maximum atomic E-state index is 12.1. The van der Waals surface area contributed by atoms with Gasteiger partial charge < -0.3 is 14.6 Å². The van der Waals surface area contributed by atoms with Crippen molar-refractivity contribution in [3.05, 3.63) is 36.0 Å². The molecule has 1 aliphatic heterocycles. The minimum absolute atomic E-state index is 0.0302. The van der Waals surface area contributed by atoms with Gasteiger partial charge in [-0.2, -0.15) is 0 Å². The van der Waals surface area contributed by atoms with Gasteiger partial charge in [-0.25, -0.2) is 0 Å².